The highest BCUT2D eigenvalue weighted by Crippen LogP contribution is 2.31. The molecule has 1 aromatic carbocycles. The van der Waals surface area contributed by atoms with E-state index in [1.54, 1.807) is 6.07 Å². The van der Waals surface area contributed by atoms with Crippen molar-refractivity contribution in [2.75, 3.05) is 5.32 Å². The van der Waals surface area contributed by atoms with Crippen molar-refractivity contribution in [3.63, 3.8) is 0 Å². The minimum Gasteiger partial charge on any atom is -0.382 e. The second kappa shape index (κ2) is 5.63. The van der Waals surface area contributed by atoms with Crippen LogP contribution in [0.3, 0.4) is 0 Å². The number of benzene rings is 1. The smallest absolute Gasteiger partial charge is 0.101 e. The molecule has 2 unspecified atom stereocenters. The van der Waals surface area contributed by atoms with Gasteiger partial charge in [0.25, 0.3) is 0 Å². The summed E-state index contributed by atoms with van der Waals surface area (Å²) in [6.45, 7) is 4.62. The molecule has 0 aliphatic heterocycles. The van der Waals surface area contributed by atoms with Crippen LogP contribution >= 0.6 is 11.6 Å². The lowest BCUT2D eigenvalue weighted by atomic mass is 9.80. The summed E-state index contributed by atoms with van der Waals surface area (Å²) in [4.78, 5) is 0. The van der Waals surface area contributed by atoms with Gasteiger partial charge in [0.2, 0.25) is 0 Å². The molecule has 1 aliphatic carbocycles. The highest BCUT2D eigenvalue weighted by atomic mass is 35.5. The lowest BCUT2D eigenvalue weighted by Gasteiger charge is -2.32. The Labute approximate surface area is 114 Å². The zero-order valence-electron chi connectivity index (χ0n) is 10.9. The first-order valence-corrected chi connectivity index (χ1v) is 6.92. The lowest BCUT2D eigenvalue weighted by Crippen LogP contribution is -2.30. The van der Waals surface area contributed by atoms with Crippen molar-refractivity contribution in [1.29, 1.82) is 5.26 Å². The van der Waals surface area contributed by atoms with Crippen LogP contribution in [0.4, 0.5) is 5.69 Å². The molecule has 0 bridgehead atoms. The Morgan fingerprint density at radius 2 is 1.89 bits per heavy atom. The van der Waals surface area contributed by atoms with Crippen molar-refractivity contribution in [3.05, 3.63) is 28.8 Å². The van der Waals surface area contributed by atoms with Crippen LogP contribution in [0.1, 0.15) is 38.7 Å². The summed E-state index contributed by atoms with van der Waals surface area (Å²) in [7, 11) is 0. The van der Waals surface area contributed by atoms with Gasteiger partial charge in [0.1, 0.15) is 6.07 Å². The Balaban J connectivity index is 2.07. The van der Waals surface area contributed by atoms with Crippen molar-refractivity contribution < 1.29 is 0 Å². The molecule has 2 nitrogen and oxygen atoms in total. The number of halogens is 1. The number of rotatable bonds is 2. The first-order valence-electron chi connectivity index (χ1n) is 6.54. The molecule has 96 valence electrons. The Hall–Kier alpha value is -1.20. The summed E-state index contributed by atoms with van der Waals surface area (Å²) in [5.74, 6) is 1.54. The second-order valence-corrected chi connectivity index (χ2v) is 5.97. The third-order valence-corrected chi connectivity index (χ3v) is 3.97. The van der Waals surface area contributed by atoms with Crippen molar-refractivity contribution in [2.45, 2.75) is 39.2 Å². The first kappa shape index (κ1) is 13.2. The molecule has 0 radical (unpaired) electrons. The van der Waals surface area contributed by atoms with Crippen LogP contribution in [-0.2, 0) is 0 Å². The van der Waals surface area contributed by atoms with Gasteiger partial charge >= 0.3 is 0 Å². The van der Waals surface area contributed by atoms with E-state index in [2.05, 4.69) is 25.2 Å². The average molecular weight is 263 g/mol. The fourth-order valence-electron chi connectivity index (χ4n) is 3.00. The summed E-state index contributed by atoms with van der Waals surface area (Å²) in [5, 5.41) is 13.0. The zero-order valence-corrected chi connectivity index (χ0v) is 11.7. The van der Waals surface area contributed by atoms with E-state index in [-0.39, 0.29) is 0 Å². The first-order chi connectivity index (χ1) is 8.58. The van der Waals surface area contributed by atoms with Gasteiger partial charge in [-0.25, -0.2) is 0 Å². The predicted octanol–water partition coefficient (Wildman–Crippen LogP) is 4.45. The number of nitrogens with one attached hydrogen (secondary N) is 1. The highest BCUT2D eigenvalue weighted by Gasteiger charge is 2.23. The van der Waals surface area contributed by atoms with Crippen molar-refractivity contribution in [3.8, 4) is 6.07 Å². The molecule has 2 rings (SSSR count). The fourth-order valence-corrected chi connectivity index (χ4v) is 3.16. The molecule has 18 heavy (non-hydrogen) atoms. The van der Waals surface area contributed by atoms with Gasteiger partial charge in [-0.2, -0.15) is 5.26 Å². The molecule has 1 aliphatic rings. The molecule has 1 N–H and O–H groups in total. The third-order valence-electron chi connectivity index (χ3n) is 3.64. The largest absolute Gasteiger partial charge is 0.382 e. The molecule has 2 atom stereocenters. The quantitative estimate of drug-likeness (QED) is 0.855. The van der Waals surface area contributed by atoms with Crippen LogP contribution in [-0.4, -0.2) is 6.04 Å². The van der Waals surface area contributed by atoms with E-state index < -0.39 is 0 Å². The summed E-state index contributed by atoms with van der Waals surface area (Å²) in [6.07, 6.45) is 3.73. The lowest BCUT2D eigenvalue weighted by molar-refractivity contribution is 0.281. The molecule has 1 saturated carbocycles. The maximum Gasteiger partial charge on any atom is 0.101 e. The van der Waals surface area contributed by atoms with E-state index in [0.29, 0.717) is 16.6 Å². The van der Waals surface area contributed by atoms with E-state index in [1.165, 1.54) is 19.3 Å². The van der Waals surface area contributed by atoms with E-state index >= 15 is 0 Å². The van der Waals surface area contributed by atoms with Gasteiger partial charge in [0, 0.05) is 11.7 Å². The zero-order chi connectivity index (χ0) is 13.1. The van der Waals surface area contributed by atoms with Crippen molar-refractivity contribution in [2.24, 2.45) is 11.8 Å². The second-order valence-electron chi connectivity index (χ2n) is 5.57. The molecule has 0 saturated heterocycles. The van der Waals surface area contributed by atoms with E-state index in [9.17, 15) is 0 Å². The van der Waals surface area contributed by atoms with Gasteiger partial charge < -0.3 is 5.32 Å². The van der Waals surface area contributed by atoms with E-state index in [0.717, 1.165) is 17.5 Å². The van der Waals surface area contributed by atoms with Crippen molar-refractivity contribution >= 4 is 17.3 Å². The monoisotopic (exact) mass is 262 g/mol. The summed E-state index contributed by atoms with van der Waals surface area (Å²) in [6, 6.07) is 8.21. The normalized spacial score (nSPS) is 27.6. The topological polar surface area (TPSA) is 35.8 Å². The summed E-state index contributed by atoms with van der Waals surface area (Å²) >= 11 is 5.94. The molecule has 3 heteroatoms. The minimum atomic E-state index is 0.511. The van der Waals surface area contributed by atoms with Crippen LogP contribution in [0.25, 0.3) is 0 Å². The molecule has 0 amide bonds. The predicted molar refractivity (Wildman–Crippen MR) is 75.8 cm³/mol. The number of hydrogen-bond acceptors (Lipinski definition) is 2. The van der Waals surface area contributed by atoms with Gasteiger partial charge in [0.05, 0.1) is 10.6 Å². The van der Waals surface area contributed by atoms with Gasteiger partial charge in [-0.3, -0.25) is 0 Å². The number of nitriles is 1. The molecule has 1 fully saturated rings. The molecular formula is C15H19ClN2. The molecule has 0 spiro atoms. The SMILES string of the molecule is CC1CC(C)CC(Nc2ccc(Cl)c(C#N)c2)C1. The number of nitrogens with zero attached hydrogens (tertiary/aromatic N) is 1. The van der Waals surface area contributed by atoms with Crippen LogP contribution < -0.4 is 5.32 Å². The maximum atomic E-state index is 8.97. The Kier molecular flexibility index (Phi) is 4.14. The highest BCUT2D eigenvalue weighted by molar-refractivity contribution is 6.31. The van der Waals surface area contributed by atoms with E-state index in [1.807, 2.05) is 12.1 Å². The molecule has 1 aromatic rings. The van der Waals surface area contributed by atoms with Crippen molar-refractivity contribution in [1.82, 2.24) is 0 Å². The number of hydrogen-bond donors (Lipinski definition) is 1. The average Bonchev–Trinajstić information content (AvgIpc) is 2.30. The third kappa shape index (κ3) is 3.17. The fraction of sp³-hybridized carbons (Fsp3) is 0.533. The van der Waals surface area contributed by atoms with Crippen LogP contribution in [0.15, 0.2) is 18.2 Å². The Bertz CT molecular complexity index is 454. The van der Waals surface area contributed by atoms with E-state index in [4.69, 9.17) is 16.9 Å². The summed E-state index contributed by atoms with van der Waals surface area (Å²) < 4.78 is 0. The molecular weight excluding hydrogens is 244 g/mol. The van der Waals surface area contributed by atoms with Gasteiger partial charge in [-0.05, 0) is 49.3 Å². The van der Waals surface area contributed by atoms with Crippen LogP contribution in [0.5, 0.6) is 0 Å². The Morgan fingerprint density at radius 3 is 2.50 bits per heavy atom. The minimum absolute atomic E-state index is 0.511. The van der Waals surface area contributed by atoms with Gasteiger partial charge in [0.15, 0.2) is 0 Å². The van der Waals surface area contributed by atoms with Crippen LogP contribution in [0, 0.1) is 23.2 Å². The van der Waals surface area contributed by atoms with Crippen LogP contribution in [0.2, 0.25) is 5.02 Å². The molecule has 0 heterocycles. The van der Waals surface area contributed by atoms with Gasteiger partial charge in [-0.15, -0.1) is 0 Å². The maximum absolute atomic E-state index is 8.97. The van der Waals surface area contributed by atoms with Gasteiger partial charge in [-0.1, -0.05) is 25.4 Å². The standard InChI is InChI=1S/C15H19ClN2/c1-10-5-11(2)7-14(6-10)18-13-3-4-15(16)12(8-13)9-17/h3-4,8,10-11,14,18H,5-7H2,1-2H3. The Morgan fingerprint density at radius 1 is 1.22 bits per heavy atom. The summed E-state index contributed by atoms with van der Waals surface area (Å²) in [5.41, 5.74) is 1.54. The molecule has 0 aromatic heterocycles. The number of anilines is 1.